The highest BCUT2D eigenvalue weighted by Gasteiger charge is 2.43. The summed E-state index contributed by atoms with van der Waals surface area (Å²) in [6.45, 7) is 8.62. The third-order valence-electron chi connectivity index (χ3n) is 9.36. The van der Waals surface area contributed by atoms with Crippen LogP contribution >= 0.6 is 0 Å². The van der Waals surface area contributed by atoms with Gasteiger partial charge in [0.1, 0.15) is 0 Å². The summed E-state index contributed by atoms with van der Waals surface area (Å²) in [5.74, 6) is -2.77. The number of carbonyl (C=O) groups excluding carboxylic acids is 6. The SMILES string of the molecule is CCCCCCN1C(=O)c2cc(C(=O)CCCCC)c3c4c(cc(C(=O)CCCCC)c(c24)C1=O)C(=O)N(CCCCCC)C3=O. The molecule has 0 atom stereocenters. The Balaban J connectivity index is 1.98. The molecule has 2 heterocycles. The zero-order valence-corrected chi connectivity index (χ0v) is 28.2. The molecule has 8 heteroatoms. The first-order valence-corrected chi connectivity index (χ1v) is 17.7. The highest BCUT2D eigenvalue weighted by Crippen LogP contribution is 2.42. The average Bonchev–Trinajstić information content (AvgIpc) is 3.05. The fourth-order valence-electron chi connectivity index (χ4n) is 6.74. The molecular formula is C38H50N2O6. The minimum absolute atomic E-state index is 0.0774. The molecule has 0 aromatic heterocycles. The predicted molar refractivity (Wildman–Crippen MR) is 180 cm³/mol. The number of nitrogens with zero attached hydrogens (tertiary/aromatic N) is 2. The number of Topliss-reactive ketones (excluding diaryl/α,β-unsaturated/α-hetero) is 2. The van der Waals surface area contributed by atoms with Gasteiger partial charge in [-0.1, -0.05) is 91.9 Å². The minimum Gasteiger partial charge on any atom is -0.294 e. The van der Waals surface area contributed by atoms with Gasteiger partial charge >= 0.3 is 0 Å². The second-order valence-corrected chi connectivity index (χ2v) is 12.8. The lowest BCUT2D eigenvalue weighted by Gasteiger charge is -2.34. The van der Waals surface area contributed by atoms with Crippen LogP contribution in [0.25, 0.3) is 10.8 Å². The number of benzene rings is 2. The van der Waals surface area contributed by atoms with Crippen molar-refractivity contribution >= 4 is 46.0 Å². The first kappa shape index (κ1) is 35.2. The van der Waals surface area contributed by atoms with Crippen molar-refractivity contribution in [3.8, 4) is 0 Å². The molecule has 0 fully saturated rings. The summed E-state index contributed by atoms with van der Waals surface area (Å²) in [6.07, 6.45) is 12.0. The maximum atomic E-state index is 14.2. The van der Waals surface area contributed by atoms with Crippen LogP contribution in [0.15, 0.2) is 12.1 Å². The summed E-state index contributed by atoms with van der Waals surface area (Å²) in [5.41, 5.74) is 0.630. The Morgan fingerprint density at radius 3 is 1.17 bits per heavy atom. The standard InChI is InChI=1S/C38H50N2O6/c1-5-9-13-17-21-39-35(43)27-23-26(30(42)20-16-12-8-4)34-32-28(36(44)40(38(34)46)22-18-14-10-6-2)24-25(29(41)19-15-11-7-3)33(31(27)32)37(39)45/h23-24H,5-22H2,1-4H3. The lowest BCUT2D eigenvalue weighted by atomic mass is 9.79. The molecule has 2 aliphatic heterocycles. The van der Waals surface area contributed by atoms with Crippen LogP contribution in [-0.4, -0.2) is 58.1 Å². The summed E-state index contributed by atoms with van der Waals surface area (Å²) in [4.78, 5) is 86.5. The Morgan fingerprint density at radius 2 is 0.826 bits per heavy atom. The van der Waals surface area contributed by atoms with E-state index >= 15 is 0 Å². The lowest BCUT2D eigenvalue weighted by Crippen LogP contribution is -2.45. The van der Waals surface area contributed by atoms with Crippen molar-refractivity contribution in [2.45, 2.75) is 130 Å². The van der Waals surface area contributed by atoms with Gasteiger partial charge in [0.05, 0.1) is 11.1 Å². The molecule has 0 unspecified atom stereocenters. The molecular weight excluding hydrogens is 580 g/mol. The Kier molecular flexibility index (Phi) is 12.4. The summed E-state index contributed by atoms with van der Waals surface area (Å²) in [7, 11) is 0. The van der Waals surface area contributed by atoms with Crippen LogP contribution in [0.4, 0.5) is 0 Å². The number of rotatable bonds is 20. The Labute approximate surface area is 273 Å². The van der Waals surface area contributed by atoms with E-state index < -0.39 is 23.6 Å². The Hall–Kier alpha value is -3.68. The molecule has 0 radical (unpaired) electrons. The molecule has 2 aliphatic rings. The Morgan fingerprint density at radius 1 is 0.478 bits per heavy atom. The Bertz CT molecular complexity index is 1410. The van der Waals surface area contributed by atoms with E-state index in [9.17, 15) is 28.8 Å². The topological polar surface area (TPSA) is 109 Å². The normalized spacial score (nSPS) is 14.2. The summed E-state index contributed by atoms with van der Waals surface area (Å²) in [6, 6.07) is 2.95. The maximum absolute atomic E-state index is 14.2. The average molecular weight is 631 g/mol. The number of carbonyl (C=O) groups is 6. The molecule has 0 aliphatic carbocycles. The van der Waals surface area contributed by atoms with Crippen molar-refractivity contribution < 1.29 is 28.8 Å². The van der Waals surface area contributed by atoms with Crippen molar-refractivity contribution in [3.63, 3.8) is 0 Å². The van der Waals surface area contributed by atoms with E-state index in [1.807, 2.05) is 13.8 Å². The number of hydrogen-bond acceptors (Lipinski definition) is 6. The van der Waals surface area contributed by atoms with Gasteiger partial charge in [0.15, 0.2) is 11.6 Å². The van der Waals surface area contributed by atoms with E-state index in [0.717, 1.165) is 64.2 Å². The van der Waals surface area contributed by atoms with Crippen LogP contribution < -0.4 is 0 Å². The predicted octanol–water partition coefficient (Wildman–Crippen LogP) is 8.72. The first-order valence-electron chi connectivity index (χ1n) is 17.7. The fourth-order valence-corrected chi connectivity index (χ4v) is 6.74. The number of imide groups is 2. The molecule has 4 amide bonds. The van der Waals surface area contributed by atoms with Crippen LogP contribution in [0.1, 0.15) is 193 Å². The van der Waals surface area contributed by atoms with E-state index in [-0.39, 0.29) is 81.7 Å². The zero-order chi connectivity index (χ0) is 33.4. The summed E-state index contributed by atoms with van der Waals surface area (Å²) >= 11 is 0. The second kappa shape index (κ2) is 16.2. The third kappa shape index (κ3) is 7.01. The molecule has 0 N–H and O–H groups in total. The quantitative estimate of drug-likeness (QED) is 0.0822. The van der Waals surface area contributed by atoms with Gasteiger partial charge in [-0.2, -0.15) is 0 Å². The van der Waals surface area contributed by atoms with Gasteiger partial charge in [-0.15, -0.1) is 0 Å². The molecule has 0 saturated carbocycles. The van der Waals surface area contributed by atoms with Crippen LogP contribution in [0, 0.1) is 0 Å². The maximum Gasteiger partial charge on any atom is 0.262 e. The molecule has 8 nitrogen and oxygen atoms in total. The van der Waals surface area contributed by atoms with Gasteiger partial charge in [-0.05, 0) is 37.8 Å². The number of unbranched alkanes of at least 4 members (excludes halogenated alkanes) is 10. The van der Waals surface area contributed by atoms with Crippen LogP contribution in [0.5, 0.6) is 0 Å². The molecule has 2 aromatic carbocycles. The van der Waals surface area contributed by atoms with Gasteiger partial charge in [0.25, 0.3) is 23.6 Å². The van der Waals surface area contributed by atoms with Gasteiger partial charge in [0.2, 0.25) is 0 Å². The van der Waals surface area contributed by atoms with Crippen LogP contribution in [0.2, 0.25) is 0 Å². The summed E-state index contributed by atoms with van der Waals surface area (Å²) in [5, 5.41) is 0.340. The van der Waals surface area contributed by atoms with Crippen LogP contribution in [0.3, 0.4) is 0 Å². The smallest absolute Gasteiger partial charge is 0.262 e. The van der Waals surface area contributed by atoms with E-state index in [2.05, 4.69) is 13.8 Å². The van der Waals surface area contributed by atoms with Gasteiger partial charge in [-0.25, -0.2) is 0 Å². The molecule has 4 rings (SSSR count). The molecule has 0 spiro atoms. The number of hydrogen-bond donors (Lipinski definition) is 0. The highest BCUT2D eigenvalue weighted by atomic mass is 16.2. The van der Waals surface area contributed by atoms with Gasteiger partial charge < -0.3 is 0 Å². The number of amides is 4. The van der Waals surface area contributed by atoms with Crippen molar-refractivity contribution in [1.82, 2.24) is 9.80 Å². The van der Waals surface area contributed by atoms with Crippen molar-refractivity contribution in [3.05, 3.63) is 45.5 Å². The largest absolute Gasteiger partial charge is 0.294 e. The van der Waals surface area contributed by atoms with Crippen molar-refractivity contribution in [2.24, 2.45) is 0 Å². The van der Waals surface area contributed by atoms with Crippen molar-refractivity contribution in [1.29, 1.82) is 0 Å². The number of ketones is 2. The summed E-state index contributed by atoms with van der Waals surface area (Å²) < 4.78 is 0. The molecule has 46 heavy (non-hydrogen) atoms. The van der Waals surface area contributed by atoms with E-state index in [1.54, 1.807) is 0 Å². The zero-order valence-electron chi connectivity index (χ0n) is 28.2. The lowest BCUT2D eigenvalue weighted by molar-refractivity contribution is 0.0584. The monoisotopic (exact) mass is 630 g/mol. The fraction of sp³-hybridized carbons (Fsp3) is 0.579. The van der Waals surface area contributed by atoms with E-state index in [0.29, 0.717) is 25.7 Å². The molecule has 2 aromatic rings. The van der Waals surface area contributed by atoms with E-state index in [4.69, 9.17) is 0 Å². The van der Waals surface area contributed by atoms with E-state index in [1.165, 1.54) is 21.9 Å². The highest BCUT2D eigenvalue weighted by molar-refractivity contribution is 6.37. The molecule has 0 saturated heterocycles. The molecule has 248 valence electrons. The van der Waals surface area contributed by atoms with Gasteiger partial charge in [0, 0.05) is 59.0 Å². The van der Waals surface area contributed by atoms with Crippen LogP contribution in [-0.2, 0) is 0 Å². The van der Waals surface area contributed by atoms with Gasteiger partial charge in [-0.3, -0.25) is 38.6 Å². The minimum atomic E-state index is -0.575. The third-order valence-corrected chi connectivity index (χ3v) is 9.36. The van der Waals surface area contributed by atoms with Crippen molar-refractivity contribution in [2.75, 3.05) is 13.1 Å². The molecule has 0 bridgehead atoms. The second-order valence-electron chi connectivity index (χ2n) is 12.8. The first-order chi connectivity index (χ1) is 22.2.